The molecule has 1 unspecified atom stereocenters. The van der Waals surface area contributed by atoms with Crippen molar-refractivity contribution >= 4 is 5.91 Å². The van der Waals surface area contributed by atoms with Gasteiger partial charge in [-0.25, -0.2) is 14.1 Å². The van der Waals surface area contributed by atoms with Crippen LogP contribution in [0.25, 0.3) is 5.69 Å². The fourth-order valence-corrected chi connectivity index (χ4v) is 2.09. The van der Waals surface area contributed by atoms with E-state index in [9.17, 15) is 9.18 Å². The third kappa shape index (κ3) is 3.12. The lowest BCUT2D eigenvalue weighted by atomic mass is 10.3. The number of ether oxygens (including phenoxy) is 2. The number of aryl methyl sites for hydroxylation is 1. The number of hydrogen-bond acceptors (Lipinski definition) is 5. The Morgan fingerprint density at radius 3 is 2.91 bits per heavy atom. The molecule has 0 aliphatic carbocycles. The van der Waals surface area contributed by atoms with E-state index >= 15 is 0 Å². The van der Waals surface area contributed by atoms with E-state index in [1.54, 1.807) is 19.1 Å². The third-order valence-electron chi connectivity index (χ3n) is 3.22. The maximum absolute atomic E-state index is 13.0. The van der Waals surface area contributed by atoms with Crippen LogP contribution in [0.15, 0.2) is 24.3 Å². The van der Waals surface area contributed by atoms with Gasteiger partial charge in [0.05, 0.1) is 12.3 Å². The summed E-state index contributed by atoms with van der Waals surface area (Å²) in [6, 6.07) is 5.80. The van der Waals surface area contributed by atoms with E-state index in [1.165, 1.54) is 16.8 Å². The Morgan fingerprint density at radius 2 is 2.23 bits per heavy atom. The van der Waals surface area contributed by atoms with E-state index in [-0.39, 0.29) is 30.4 Å². The van der Waals surface area contributed by atoms with E-state index in [4.69, 9.17) is 9.47 Å². The number of amides is 1. The van der Waals surface area contributed by atoms with Gasteiger partial charge in [-0.05, 0) is 31.2 Å². The predicted molar refractivity (Wildman–Crippen MR) is 74.1 cm³/mol. The molecule has 1 fully saturated rings. The molecule has 1 amide bonds. The third-order valence-corrected chi connectivity index (χ3v) is 3.22. The van der Waals surface area contributed by atoms with E-state index in [2.05, 4.69) is 15.4 Å². The normalized spacial score (nSPS) is 17.6. The molecule has 2 aromatic rings. The number of carbonyl (C=O) groups excluding carboxylic acids is 1. The minimum absolute atomic E-state index is 0.0562. The molecule has 1 aliphatic rings. The zero-order chi connectivity index (χ0) is 15.5. The number of nitrogens with zero attached hydrogens (tertiary/aromatic N) is 3. The molecule has 1 N–H and O–H groups in total. The first-order valence-corrected chi connectivity index (χ1v) is 6.80. The van der Waals surface area contributed by atoms with Gasteiger partial charge in [-0.2, -0.15) is 0 Å². The smallest absolute Gasteiger partial charge is 0.291 e. The van der Waals surface area contributed by atoms with E-state index in [1.807, 2.05) is 0 Å². The van der Waals surface area contributed by atoms with Crippen LogP contribution in [0.4, 0.5) is 4.39 Å². The standard InChI is InChI=1S/C14H15FN4O3/c1-9-17-13(14(20)16-6-12-7-21-8-22-12)18-19(9)11-4-2-10(15)3-5-11/h2-5,12H,6-8H2,1H3,(H,16,20). The van der Waals surface area contributed by atoms with Crippen molar-refractivity contribution in [3.05, 3.63) is 41.7 Å². The van der Waals surface area contributed by atoms with Gasteiger partial charge in [-0.15, -0.1) is 5.10 Å². The van der Waals surface area contributed by atoms with Crippen molar-refractivity contribution in [2.45, 2.75) is 13.0 Å². The summed E-state index contributed by atoms with van der Waals surface area (Å²) in [5, 5.41) is 6.85. The van der Waals surface area contributed by atoms with Crippen LogP contribution < -0.4 is 5.32 Å². The first-order chi connectivity index (χ1) is 10.6. The van der Waals surface area contributed by atoms with Gasteiger partial charge in [0.25, 0.3) is 5.91 Å². The fourth-order valence-electron chi connectivity index (χ4n) is 2.09. The van der Waals surface area contributed by atoms with Crippen LogP contribution in [-0.4, -0.2) is 46.7 Å². The Kier molecular flexibility index (Phi) is 4.12. The number of benzene rings is 1. The van der Waals surface area contributed by atoms with Crippen LogP contribution in [0.5, 0.6) is 0 Å². The second-order valence-electron chi connectivity index (χ2n) is 4.86. The second kappa shape index (κ2) is 6.20. The van der Waals surface area contributed by atoms with Crippen molar-refractivity contribution in [1.82, 2.24) is 20.1 Å². The van der Waals surface area contributed by atoms with Gasteiger partial charge in [0, 0.05) is 6.54 Å². The van der Waals surface area contributed by atoms with Crippen LogP contribution in [0, 0.1) is 12.7 Å². The van der Waals surface area contributed by atoms with Gasteiger partial charge in [0.2, 0.25) is 5.82 Å². The first-order valence-electron chi connectivity index (χ1n) is 6.80. The Bertz CT molecular complexity index is 665. The highest BCUT2D eigenvalue weighted by Gasteiger charge is 2.20. The van der Waals surface area contributed by atoms with Crippen LogP contribution in [0.3, 0.4) is 0 Å². The fraction of sp³-hybridized carbons (Fsp3) is 0.357. The van der Waals surface area contributed by atoms with E-state index < -0.39 is 0 Å². The molecular weight excluding hydrogens is 291 g/mol. The summed E-state index contributed by atoms with van der Waals surface area (Å²) in [4.78, 5) is 16.2. The van der Waals surface area contributed by atoms with Crippen molar-refractivity contribution < 1.29 is 18.7 Å². The Balaban J connectivity index is 1.70. The Morgan fingerprint density at radius 1 is 1.45 bits per heavy atom. The molecule has 1 aliphatic heterocycles. The number of hydrogen-bond donors (Lipinski definition) is 1. The SMILES string of the molecule is Cc1nc(C(=O)NCC2COCO2)nn1-c1ccc(F)cc1. The number of halogens is 1. The molecule has 0 saturated carbocycles. The van der Waals surface area contributed by atoms with Crippen molar-refractivity contribution in [1.29, 1.82) is 0 Å². The van der Waals surface area contributed by atoms with Crippen LogP contribution in [0.1, 0.15) is 16.4 Å². The monoisotopic (exact) mass is 306 g/mol. The molecule has 8 heteroatoms. The van der Waals surface area contributed by atoms with Gasteiger partial charge in [0.15, 0.2) is 0 Å². The molecule has 0 spiro atoms. The Labute approximate surface area is 126 Å². The van der Waals surface area contributed by atoms with Gasteiger partial charge < -0.3 is 14.8 Å². The molecule has 0 bridgehead atoms. The summed E-state index contributed by atoms with van der Waals surface area (Å²) in [5.74, 6) is -0.129. The molecule has 1 saturated heterocycles. The summed E-state index contributed by atoms with van der Waals surface area (Å²) in [5.41, 5.74) is 0.637. The van der Waals surface area contributed by atoms with Gasteiger partial charge >= 0.3 is 0 Å². The summed E-state index contributed by atoms with van der Waals surface area (Å²) >= 11 is 0. The zero-order valence-corrected chi connectivity index (χ0v) is 12.0. The summed E-state index contributed by atoms with van der Waals surface area (Å²) < 4.78 is 24.7. The first kappa shape index (κ1) is 14.6. The number of carbonyl (C=O) groups is 1. The lowest BCUT2D eigenvalue weighted by molar-refractivity contribution is 0.0461. The molecule has 1 aromatic heterocycles. The number of aromatic nitrogens is 3. The minimum atomic E-state index is -0.389. The predicted octanol–water partition coefficient (Wildman–Crippen LogP) is 0.818. The zero-order valence-electron chi connectivity index (χ0n) is 12.0. The minimum Gasteiger partial charge on any atom is -0.353 e. The van der Waals surface area contributed by atoms with Gasteiger partial charge in [-0.1, -0.05) is 0 Å². The summed E-state index contributed by atoms with van der Waals surface area (Å²) in [6.45, 7) is 2.76. The summed E-state index contributed by atoms with van der Waals surface area (Å²) in [6.07, 6.45) is -0.149. The topological polar surface area (TPSA) is 78.3 Å². The molecule has 2 heterocycles. The average Bonchev–Trinajstić information content (AvgIpc) is 3.15. The lowest BCUT2D eigenvalue weighted by Crippen LogP contribution is -2.33. The lowest BCUT2D eigenvalue weighted by Gasteiger charge is -2.07. The molecule has 3 rings (SSSR count). The average molecular weight is 306 g/mol. The van der Waals surface area contributed by atoms with Crippen molar-refractivity contribution in [2.75, 3.05) is 19.9 Å². The van der Waals surface area contributed by atoms with Crippen molar-refractivity contribution in [2.24, 2.45) is 0 Å². The highest BCUT2D eigenvalue weighted by molar-refractivity contribution is 5.90. The molecule has 116 valence electrons. The summed E-state index contributed by atoms with van der Waals surface area (Å²) in [7, 11) is 0. The number of rotatable bonds is 4. The molecular formula is C14H15FN4O3. The van der Waals surface area contributed by atoms with Gasteiger partial charge in [0.1, 0.15) is 24.5 Å². The molecule has 0 radical (unpaired) electrons. The van der Waals surface area contributed by atoms with Crippen LogP contribution >= 0.6 is 0 Å². The molecule has 22 heavy (non-hydrogen) atoms. The van der Waals surface area contributed by atoms with Gasteiger partial charge in [-0.3, -0.25) is 4.79 Å². The van der Waals surface area contributed by atoms with Crippen molar-refractivity contribution in [3.63, 3.8) is 0 Å². The molecule has 7 nitrogen and oxygen atoms in total. The molecule has 1 atom stereocenters. The number of nitrogens with one attached hydrogen (secondary N) is 1. The van der Waals surface area contributed by atoms with Crippen molar-refractivity contribution in [3.8, 4) is 5.69 Å². The largest absolute Gasteiger partial charge is 0.353 e. The highest BCUT2D eigenvalue weighted by Crippen LogP contribution is 2.10. The van der Waals surface area contributed by atoms with E-state index in [0.717, 1.165) is 0 Å². The van der Waals surface area contributed by atoms with Crippen LogP contribution in [-0.2, 0) is 9.47 Å². The van der Waals surface area contributed by atoms with Crippen LogP contribution in [0.2, 0.25) is 0 Å². The second-order valence-corrected chi connectivity index (χ2v) is 4.86. The maximum atomic E-state index is 13.0. The maximum Gasteiger partial charge on any atom is 0.291 e. The molecule has 1 aromatic carbocycles. The Hall–Kier alpha value is -2.32. The van der Waals surface area contributed by atoms with E-state index in [0.29, 0.717) is 24.7 Å². The highest BCUT2D eigenvalue weighted by atomic mass is 19.1. The quantitative estimate of drug-likeness (QED) is 0.904.